The molecule has 7 heteroatoms. The van der Waals surface area contributed by atoms with Crippen LogP contribution in [0.15, 0.2) is 35.3 Å². The molecule has 7 nitrogen and oxygen atoms in total. The smallest absolute Gasteiger partial charge is 0.322 e. The average Bonchev–Trinajstić information content (AvgIpc) is 2.46. The quantitative estimate of drug-likeness (QED) is 0.346. The van der Waals surface area contributed by atoms with Crippen LogP contribution in [0.2, 0.25) is 0 Å². The first-order valence-corrected chi connectivity index (χ1v) is 5.97. The molecule has 0 saturated heterocycles. The zero-order valence-corrected chi connectivity index (χ0v) is 11.7. The van der Waals surface area contributed by atoms with Crippen molar-refractivity contribution in [1.29, 1.82) is 0 Å². The van der Waals surface area contributed by atoms with E-state index in [0.717, 1.165) is 0 Å². The summed E-state index contributed by atoms with van der Waals surface area (Å²) < 4.78 is 0. The Morgan fingerprint density at radius 2 is 1.90 bits per heavy atom. The van der Waals surface area contributed by atoms with Gasteiger partial charge >= 0.3 is 5.97 Å². The second-order valence-corrected chi connectivity index (χ2v) is 3.61. The number of rotatable bonds is 4. The fraction of sp³-hybridized carbons (Fsp3) is 0.214. The number of nitrogens with one attached hydrogen (secondary N) is 1. The number of benzene rings is 1. The lowest BCUT2D eigenvalue weighted by Gasteiger charge is -2.00. The molecule has 1 aromatic carbocycles. The average molecular weight is 290 g/mol. The maximum absolute atomic E-state index is 11.2. The fourth-order valence-electron chi connectivity index (χ4n) is 1.06. The van der Waals surface area contributed by atoms with Gasteiger partial charge in [0.1, 0.15) is 13.1 Å². The van der Waals surface area contributed by atoms with Gasteiger partial charge in [-0.15, -0.1) is 5.92 Å². The van der Waals surface area contributed by atoms with Crippen LogP contribution in [0.4, 0.5) is 0 Å². The van der Waals surface area contributed by atoms with E-state index in [4.69, 9.17) is 16.6 Å². The highest BCUT2D eigenvalue weighted by Crippen LogP contribution is 1.96. The minimum absolute atomic E-state index is 0.0905. The van der Waals surface area contributed by atoms with Crippen molar-refractivity contribution in [3.05, 3.63) is 35.9 Å². The Morgan fingerprint density at radius 1 is 1.29 bits per heavy atom. The van der Waals surface area contributed by atoms with Crippen molar-refractivity contribution < 1.29 is 14.7 Å². The monoisotopic (exact) mass is 290 g/mol. The van der Waals surface area contributed by atoms with Crippen molar-refractivity contribution in [2.75, 3.05) is 13.1 Å². The number of hydrogen-bond acceptors (Lipinski definition) is 3. The second kappa shape index (κ2) is 10.9. The van der Waals surface area contributed by atoms with Gasteiger partial charge in [-0.25, -0.2) is 4.99 Å². The van der Waals surface area contributed by atoms with E-state index in [0.29, 0.717) is 12.1 Å². The molecule has 0 bridgehead atoms. The van der Waals surface area contributed by atoms with Crippen LogP contribution in [0, 0.1) is 11.8 Å². The molecule has 0 aromatic heterocycles. The molecule has 0 heterocycles. The van der Waals surface area contributed by atoms with E-state index in [1.807, 2.05) is 0 Å². The summed E-state index contributed by atoms with van der Waals surface area (Å²) in [6.07, 6.45) is 0. The lowest BCUT2D eigenvalue weighted by molar-refractivity contribution is -0.135. The zero-order chi connectivity index (χ0) is 16.1. The predicted molar refractivity (Wildman–Crippen MR) is 80.5 cm³/mol. The lowest BCUT2D eigenvalue weighted by Crippen LogP contribution is -2.29. The van der Waals surface area contributed by atoms with Gasteiger partial charge in [0.15, 0.2) is 5.96 Å². The Labute approximate surface area is 123 Å². The number of carbonyl (C=O) groups is 2. The summed E-state index contributed by atoms with van der Waals surface area (Å²) in [5.41, 5.74) is 10.4. The molecule has 1 amide bonds. The summed E-state index contributed by atoms with van der Waals surface area (Å²) in [4.78, 5) is 24.9. The maximum Gasteiger partial charge on any atom is 0.322 e. The summed E-state index contributed by atoms with van der Waals surface area (Å²) in [7, 11) is 0. The Bertz CT molecular complexity index is 540. The van der Waals surface area contributed by atoms with Crippen molar-refractivity contribution in [3.63, 3.8) is 0 Å². The van der Waals surface area contributed by atoms with Crippen LogP contribution < -0.4 is 16.8 Å². The van der Waals surface area contributed by atoms with Gasteiger partial charge < -0.3 is 21.9 Å². The molecule has 6 N–H and O–H groups in total. The molecule has 0 radical (unpaired) electrons. The molecule has 1 rings (SSSR count). The largest absolute Gasteiger partial charge is 0.480 e. The number of hydrogen-bond donors (Lipinski definition) is 4. The molecule has 1 aromatic rings. The standard InChI is InChI=1S/C9H9NO3.C5H9N3/c11-8(12)6-10-9(13)7-4-2-1-3-5-7;1-2-3-4-8-5(6)7/h1-5H,6H2,(H,10,13)(H,11,12);4H2,1H3,(H4,6,7,8). The van der Waals surface area contributed by atoms with Crippen molar-refractivity contribution >= 4 is 17.8 Å². The number of aliphatic carboxylic acids is 1. The van der Waals surface area contributed by atoms with Crippen LogP contribution in [-0.4, -0.2) is 36.0 Å². The highest BCUT2D eigenvalue weighted by Gasteiger charge is 2.04. The molecule has 0 fully saturated rings. The van der Waals surface area contributed by atoms with E-state index in [1.165, 1.54) is 0 Å². The third-order valence-corrected chi connectivity index (χ3v) is 1.95. The van der Waals surface area contributed by atoms with Crippen molar-refractivity contribution in [2.24, 2.45) is 16.5 Å². The normalized spacial score (nSPS) is 8.24. The molecule has 0 atom stereocenters. The van der Waals surface area contributed by atoms with E-state index >= 15 is 0 Å². The number of aliphatic imine (C=N–C) groups is 1. The second-order valence-electron chi connectivity index (χ2n) is 3.61. The van der Waals surface area contributed by atoms with Crippen molar-refractivity contribution in [1.82, 2.24) is 5.32 Å². The zero-order valence-electron chi connectivity index (χ0n) is 11.7. The molecular formula is C14H18N4O3. The van der Waals surface area contributed by atoms with E-state index in [1.54, 1.807) is 37.3 Å². The number of nitrogens with zero attached hydrogens (tertiary/aromatic N) is 1. The SMILES string of the molecule is CC#CCN=C(N)N.O=C(O)CNC(=O)c1ccccc1. The minimum Gasteiger partial charge on any atom is -0.480 e. The number of carboxylic acid groups (broad SMARTS) is 1. The molecule has 0 unspecified atom stereocenters. The third-order valence-electron chi connectivity index (χ3n) is 1.95. The Balaban J connectivity index is 0.000000433. The van der Waals surface area contributed by atoms with Gasteiger partial charge in [0.25, 0.3) is 5.91 Å². The van der Waals surface area contributed by atoms with Crippen molar-refractivity contribution in [2.45, 2.75) is 6.92 Å². The van der Waals surface area contributed by atoms with Crippen LogP contribution in [-0.2, 0) is 4.79 Å². The summed E-state index contributed by atoms with van der Waals surface area (Å²) in [5.74, 6) is 4.00. The summed E-state index contributed by atoms with van der Waals surface area (Å²) in [6, 6.07) is 8.47. The number of carbonyl (C=O) groups excluding carboxylic acids is 1. The van der Waals surface area contributed by atoms with Gasteiger partial charge in [-0.1, -0.05) is 24.1 Å². The Hall–Kier alpha value is -3.01. The highest BCUT2D eigenvalue weighted by atomic mass is 16.4. The highest BCUT2D eigenvalue weighted by molar-refractivity contribution is 5.95. The predicted octanol–water partition coefficient (Wildman–Crippen LogP) is -0.216. The van der Waals surface area contributed by atoms with Crippen LogP contribution in [0.5, 0.6) is 0 Å². The molecule has 0 saturated carbocycles. The molecule has 21 heavy (non-hydrogen) atoms. The first kappa shape index (κ1) is 18.0. The third kappa shape index (κ3) is 10.6. The van der Waals surface area contributed by atoms with Gasteiger partial charge in [-0.2, -0.15) is 0 Å². The number of amides is 1. The van der Waals surface area contributed by atoms with Crippen LogP contribution in [0.3, 0.4) is 0 Å². The lowest BCUT2D eigenvalue weighted by atomic mass is 10.2. The summed E-state index contributed by atoms with van der Waals surface area (Å²) >= 11 is 0. The first-order valence-electron chi connectivity index (χ1n) is 5.97. The topological polar surface area (TPSA) is 131 Å². The van der Waals surface area contributed by atoms with Gasteiger partial charge in [0.2, 0.25) is 0 Å². The Morgan fingerprint density at radius 3 is 2.38 bits per heavy atom. The van der Waals surface area contributed by atoms with Crippen LogP contribution >= 0.6 is 0 Å². The van der Waals surface area contributed by atoms with Gasteiger partial charge in [-0.05, 0) is 19.1 Å². The Kier molecular flexibility index (Phi) is 9.31. The molecule has 0 aliphatic rings. The number of carboxylic acids is 1. The molecule has 0 spiro atoms. The number of guanidine groups is 1. The van der Waals surface area contributed by atoms with E-state index < -0.39 is 5.97 Å². The summed E-state index contributed by atoms with van der Waals surface area (Å²) in [6.45, 7) is 1.79. The number of nitrogens with two attached hydrogens (primary N) is 2. The van der Waals surface area contributed by atoms with E-state index in [-0.39, 0.29) is 18.4 Å². The van der Waals surface area contributed by atoms with Gasteiger partial charge in [0, 0.05) is 5.56 Å². The summed E-state index contributed by atoms with van der Waals surface area (Å²) in [5, 5.41) is 10.6. The van der Waals surface area contributed by atoms with Gasteiger partial charge in [0.05, 0.1) is 0 Å². The van der Waals surface area contributed by atoms with Crippen LogP contribution in [0.1, 0.15) is 17.3 Å². The minimum atomic E-state index is -1.05. The van der Waals surface area contributed by atoms with Crippen molar-refractivity contribution in [3.8, 4) is 11.8 Å². The fourth-order valence-corrected chi connectivity index (χ4v) is 1.06. The van der Waals surface area contributed by atoms with E-state index in [2.05, 4.69) is 22.2 Å². The maximum atomic E-state index is 11.2. The van der Waals surface area contributed by atoms with Crippen LogP contribution in [0.25, 0.3) is 0 Å². The molecule has 0 aliphatic carbocycles. The molecule has 112 valence electrons. The van der Waals surface area contributed by atoms with Gasteiger partial charge in [-0.3, -0.25) is 9.59 Å². The molecule has 0 aliphatic heterocycles. The van der Waals surface area contributed by atoms with E-state index in [9.17, 15) is 9.59 Å². The first-order chi connectivity index (χ1) is 9.97. The molecular weight excluding hydrogens is 272 g/mol.